The maximum Gasteiger partial charge on any atom is 0.182 e. The smallest absolute Gasteiger partial charge is 0.182 e. The molecule has 2 heterocycles. The molecule has 14 heavy (non-hydrogen) atoms. The van der Waals surface area contributed by atoms with E-state index in [0.29, 0.717) is 18.0 Å². The lowest BCUT2D eigenvalue weighted by Crippen LogP contribution is -2.43. The second kappa shape index (κ2) is 3.82. The number of aryl methyl sites for hydroxylation is 1. The summed E-state index contributed by atoms with van der Waals surface area (Å²) in [5, 5.41) is 7.18. The third-order valence-corrected chi connectivity index (χ3v) is 3.08. The van der Waals surface area contributed by atoms with Crippen molar-refractivity contribution in [2.75, 3.05) is 13.1 Å². The molecule has 0 aromatic carbocycles. The lowest BCUT2D eigenvalue weighted by Gasteiger charge is -2.26. The van der Waals surface area contributed by atoms with E-state index in [1.165, 1.54) is 0 Å². The van der Waals surface area contributed by atoms with Gasteiger partial charge in [-0.25, -0.2) is 0 Å². The van der Waals surface area contributed by atoms with E-state index in [1.807, 2.05) is 0 Å². The molecule has 2 rings (SSSR count). The summed E-state index contributed by atoms with van der Waals surface area (Å²) in [5.74, 6) is 0.674. The fourth-order valence-corrected chi connectivity index (χ4v) is 2.15. The molecule has 4 nitrogen and oxygen atoms in total. The summed E-state index contributed by atoms with van der Waals surface area (Å²) in [5.41, 5.74) is 0.678. The number of Topliss-reactive ketones (excluding diaryl/α,β-unsaturated/α-hetero) is 1. The standard InChI is InChI=1S/C9H12BrN3O/c1-13-9(7(10)5-12-13)8(14)2-6-3-11-4-6/h5-6,11H,2-4H2,1H3. The van der Waals surface area contributed by atoms with Crippen molar-refractivity contribution in [3.8, 4) is 0 Å². The maximum absolute atomic E-state index is 11.8. The second-order valence-corrected chi connectivity index (χ2v) is 4.47. The van der Waals surface area contributed by atoms with E-state index in [2.05, 4.69) is 26.3 Å². The summed E-state index contributed by atoms with van der Waals surface area (Å²) in [6.45, 7) is 1.92. The minimum atomic E-state index is 0.170. The molecule has 1 fully saturated rings. The van der Waals surface area contributed by atoms with Crippen LogP contribution in [-0.2, 0) is 7.05 Å². The van der Waals surface area contributed by atoms with Gasteiger partial charge in [0.15, 0.2) is 5.78 Å². The van der Waals surface area contributed by atoms with Crippen molar-refractivity contribution < 1.29 is 4.79 Å². The molecule has 1 saturated heterocycles. The Labute approximate surface area is 90.8 Å². The maximum atomic E-state index is 11.8. The minimum Gasteiger partial charge on any atom is -0.316 e. The predicted octanol–water partition coefficient (Wildman–Crippen LogP) is 0.975. The number of nitrogens with zero attached hydrogens (tertiary/aromatic N) is 2. The molecule has 0 unspecified atom stereocenters. The highest BCUT2D eigenvalue weighted by Crippen LogP contribution is 2.20. The highest BCUT2D eigenvalue weighted by atomic mass is 79.9. The van der Waals surface area contributed by atoms with Gasteiger partial charge in [0.1, 0.15) is 5.69 Å². The van der Waals surface area contributed by atoms with E-state index in [-0.39, 0.29) is 5.78 Å². The van der Waals surface area contributed by atoms with Crippen LogP contribution in [0.4, 0.5) is 0 Å². The SMILES string of the molecule is Cn1ncc(Br)c1C(=O)CC1CNC1. The minimum absolute atomic E-state index is 0.170. The van der Waals surface area contributed by atoms with E-state index in [9.17, 15) is 4.79 Å². The molecule has 1 N–H and O–H groups in total. The molecule has 0 bridgehead atoms. The molecule has 0 saturated carbocycles. The molecule has 0 amide bonds. The van der Waals surface area contributed by atoms with Crippen LogP contribution in [0.5, 0.6) is 0 Å². The van der Waals surface area contributed by atoms with Gasteiger partial charge in [-0.3, -0.25) is 9.48 Å². The normalized spacial score (nSPS) is 16.7. The summed E-state index contributed by atoms with van der Waals surface area (Å²) in [7, 11) is 1.79. The Bertz CT molecular complexity index is 337. The molecule has 1 aromatic rings. The number of nitrogens with one attached hydrogen (secondary N) is 1. The zero-order valence-electron chi connectivity index (χ0n) is 7.96. The Balaban J connectivity index is 2.09. The molecule has 0 aliphatic carbocycles. The van der Waals surface area contributed by atoms with Crippen LogP contribution >= 0.6 is 15.9 Å². The van der Waals surface area contributed by atoms with Gasteiger partial charge in [-0.1, -0.05) is 0 Å². The number of ketones is 1. The Morgan fingerprint density at radius 3 is 2.93 bits per heavy atom. The van der Waals surface area contributed by atoms with Gasteiger partial charge in [-0.15, -0.1) is 0 Å². The largest absolute Gasteiger partial charge is 0.316 e. The van der Waals surface area contributed by atoms with E-state index in [4.69, 9.17) is 0 Å². The van der Waals surface area contributed by atoms with Crippen LogP contribution in [0, 0.1) is 5.92 Å². The Hall–Kier alpha value is -0.680. The summed E-state index contributed by atoms with van der Waals surface area (Å²) >= 11 is 3.33. The van der Waals surface area contributed by atoms with Crippen LogP contribution in [0.3, 0.4) is 0 Å². The van der Waals surface area contributed by atoms with Gasteiger partial charge >= 0.3 is 0 Å². The van der Waals surface area contributed by atoms with Crippen molar-refractivity contribution in [2.45, 2.75) is 6.42 Å². The number of aromatic nitrogens is 2. The van der Waals surface area contributed by atoms with Crippen molar-refractivity contribution in [3.63, 3.8) is 0 Å². The zero-order valence-corrected chi connectivity index (χ0v) is 9.54. The van der Waals surface area contributed by atoms with E-state index in [0.717, 1.165) is 17.6 Å². The van der Waals surface area contributed by atoms with Crippen LogP contribution in [0.25, 0.3) is 0 Å². The van der Waals surface area contributed by atoms with Crippen LogP contribution in [0.1, 0.15) is 16.9 Å². The number of hydrogen-bond donors (Lipinski definition) is 1. The van der Waals surface area contributed by atoms with Gasteiger partial charge in [-0.2, -0.15) is 5.10 Å². The molecule has 5 heteroatoms. The lowest BCUT2D eigenvalue weighted by molar-refractivity contribution is 0.0935. The number of carbonyl (C=O) groups is 1. The molecule has 0 spiro atoms. The van der Waals surface area contributed by atoms with Gasteiger partial charge in [0.25, 0.3) is 0 Å². The van der Waals surface area contributed by atoms with Gasteiger partial charge in [0, 0.05) is 13.5 Å². The number of rotatable bonds is 3. The molecule has 1 aromatic heterocycles. The van der Waals surface area contributed by atoms with Gasteiger partial charge < -0.3 is 5.32 Å². The Morgan fingerprint density at radius 2 is 2.50 bits per heavy atom. The van der Waals surface area contributed by atoms with Crippen LogP contribution in [0.2, 0.25) is 0 Å². The van der Waals surface area contributed by atoms with Crippen molar-refractivity contribution in [3.05, 3.63) is 16.4 Å². The van der Waals surface area contributed by atoms with E-state index < -0.39 is 0 Å². The molecule has 1 aliphatic heterocycles. The van der Waals surface area contributed by atoms with Crippen molar-refractivity contribution in [2.24, 2.45) is 13.0 Å². The van der Waals surface area contributed by atoms with Crippen molar-refractivity contribution >= 4 is 21.7 Å². The van der Waals surface area contributed by atoms with E-state index >= 15 is 0 Å². The van der Waals surface area contributed by atoms with Gasteiger partial charge in [-0.05, 0) is 34.9 Å². The average Bonchev–Trinajstić information content (AvgIpc) is 2.39. The second-order valence-electron chi connectivity index (χ2n) is 3.62. The average molecular weight is 258 g/mol. The quantitative estimate of drug-likeness (QED) is 0.822. The molecular formula is C9H12BrN3O. The summed E-state index contributed by atoms with van der Waals surface area (Å²) in [4.78, 5) is 11.8. The lowest BCUT2D eigenvalue weighted by atomic mass is 9.96. The highest BCUT2D eigenvalue weighted by molar-refractivity contribution is 9.10. The van der Waals surface area contributed by atoms with Crippen molar-refractivity contribution in [1.82, 2.24) is 15.1 Å². The highest BCUT2D eigenvalue weighted by Gasteiger charge is 2.23. The van der Waals surface area contributed by atoms with Gasteiger partial charge in [0.2, 0.25) is 0 Å². The fourth-order valence-electron chi connectivity index (χ4n) is 1.58. The fraction of sp³-hybridized carbons (Fsp3) is 0.556. The first-order chi connectivity index (χ1) is 6.68. The molecule has 1 aliphatic rings. The predicted molar refractivity (Wildman–Crippen MR) is 56.2 cm³/mol. The first-order valence-electron chi connectivity index (χ1n) is 4.60. The Kier molecular flexibility index (Phi) is 2.69. The van der Waals surface area contributed by atoms with Crippen LogP contribution < -0.4 is 5.32 Å². The third kappa shape index (κ3) is 1.74. The number of carbonyl (C=O) groups excluding carboxylic acids is 1. The van der Waals surface area contributed by atoms with Crippen LogP contribution in [0.15, 0.2) is 10.7 Å². The van der Waals surface area contributed by atoms with Gasteiger partial charge in [0.05, 0.1) is 10.7 Å². The number of halogens is 1. The third-order valence-electron chi connectivity index (χ3n) is 2.50. The topological polar surface area (TPSA) is 46.9 Å². The monoisotopic (exact) mass is 257 g/mol. The summed E-state index contributed by atoms with van der Waals surface area (Å²) in [6.07, 6.45) is 2.28. The van der Waals surface area contributed by atoms with E-state index in [1.54, 1.807) is 17.9 Å². The Morgan fingerprint density at radius 1 is 1.79 bits per heavy atom. The molecule has 0 atom stereocenters. The van der Waals surface area contributed by atoms with Crippen LogP contribution in [-0.4, -0.2) is 28.7 Å². The summed E-state index contributed by atoms with van der Waals surface area (Å²) in [6, 6.07) is 0. The first kappa shape index (κ1) is 9.86. The molecule has 0 radical (unpaired) electrons. The first-order valence-corrected chi connectivity index (χ1v) is 5.39. The summed E-state index contributed by atoms with van der Waals surface area (Å²) < 4.78 is 2.41. The number of hydrogen-bond acceptors (Lipinski definition) is 3. The zero-order chi connectivity index (χ0) is 10.1. The molecule has 76 valence electrons. The van der Waals surface area contributed by atoms with Crippen molar-refractivity contribution in [1.29, 1.82) is 0 Å². The molecular weight excluding hydrogens is 246 g/mol.